The van der Waals surface area contributed by atoms with Crippen LogP contribution in [0, 0.1) is 5.82 Å². The SMILES string of the molecule is C[C@H](NC(=O)c1cn2c(c(O)c1=O)C(=O)N1[C@H]3CC[C@H](C3)O[C@@H]1C2)c1ccc(F)cc1. The first-order valence-corrected chi connectivity index (χ1v) is 10.3. The number of carbonyl (C=O) groups excluding carboxylic acids is 2. The van der Waals surface area contributed by atoms with E-state index in [9.17, 15) is 23.9 Å². The van der Waals surface area contributed by atoms with Crippen molar-refractivity contribution >= 4 is 11.8 Å². The lowest BCUT2D eigenvalue weighted by Gasteiger charge is -2.44. The molecule has 31 heavy (non-hydrogen) atoms. The van der Waals surface area contributed by atoms with Crippen LogP contribution in [0.4, 0.5) is 4.39 Å². The molecule has 1 aromatic carbocycles. The molecule has 3 heterocycles. The van der Waals surface area contributed by atoms with Crippen LogP contribution in [-0.2, 0) is 11.3 Å². The van der Waals surface area contributed by atoms with Crippen LogP contribution in [0.25, 0.3) is 0 Å². The third-order valence-electron chi connectivity index (χ3n) is 6.42. The zero-order chi connectivity index (χ0) is 21.9. The molecule has 1 saturated carbocycles. The lowest BCUT2D eigenvalue weighted by atomic mass is 10.1. The lowest BCUT2D eigenvalue weighted by molar-refractivity contribution is -0.132. The Morgan fingerprint density at radius 1 is 1.26 bits per heavy atom. The van der Waals surface area contributed by atoms with Gasteiger partial charge in [-0.1, -0.05) is 12.1 Å². The third-order valence-corrected chi connectivity index (χ3v) is 6.42. The first kappa shape index (κ1) is 19.7. The number of halogens is 1. The third kappa shape index (κ3) is 3.20. The summed E-state index contributed by atoms with van der Waals surface area (Å²) in [5.41, 5.74) is -0.619. The molecule has 3 aliphatic rings. The van der Waals surface area contributed by atoms with E-state index in [1.807, 2.05) is 0 Å². The second-order valence-corrected chi connectivity index (χ2v) is 8.36. The topological polar surface area (TPSA) is 101 Å². The highest BCUT2D eigenvalue weighted by Crippen LogP contribution is 2.38. The molecule has 8 nitrogen and oxygen atoms in total. The predicted molar refractivity (Wildman–Crippen MR) is 107 cm³/mol. The standard InChI is InChI=1S/C22H22FN3O5/c1-11(12-2-4-13(23)5-3-12)24-21(29)16-9-25-10-17-26(14-6-7-15(8-14)31-17)22(30)18(25)20(28)19(16)27/h2-5,9,11,14-15,17,28H,6-8,10H2,1H3,(H,24,29)/t11-,14-,15+,17+/m0/s1. The minimum absolute atomic E-state index is 0.0408. The van der Waals surface area contributed by atoms with Crippen LogP contribution in [0.5, 0.6) is 5.75 Å². The zero-order valence-electron chi connectivity index (χ0n) is 16.9. The molecule has 0 unspecified atom stereocenters. The van der Waals surface area contributed by atoms with E-state index in [1.165, 1.54) is 22.9 Å². The van der Waals surface area contributed by atoms with E-state index in [0.29, 0.717) is 5.56 Å². The molecule has 9 heteroatoms. The maximum atomic E-state index is 13.1. The van der Waals surface area contributed by atoms with E-state index >= 15 is 0 Å². The maximum absolute atomic E-state index is 13.1. The summed E-state index contributed by atoms with van der Waals surface area (Å²) in [4.78, 5) is 40.2. The summed E-state index contributed by atoms with van der Waals surface area (Å²) in [5.74, 6) is -2.27. The molecule has 162 valence electrons. The van der Waals surface area contributed by atoms with Gasteiger partial charge in [-0.05, 0) is 43.9 Å². The normalized spacial score (nSPS) is 25.0. The van der Waals surface area contributed by atoms with E-state index in [2.05, 4.69) is 5.32 Å². The van der Waals surface area contributed by atoms with Crippen LogP contribution in [0.3, 0.4) is 0 Å². The van der Waals surface area contributed by atoms with Crippen LogP contribution < -0.4 is 10.7 Å². The number of aromatic hydroxyl groups is 1. The summed E-state index contributed by atoms with van der Waals surface area (Å²) in [7, 11) is 0. The molecule has 2 aromatic rings. The van der Waals surface area contributed by atoms with Crippen LogP contribution in [0.1, 0.15) is 58.6 Å². The van der Waals surface area contributed by atoms with Gasteiger partial charge in [-0.3, -0.25) is 14.4 Å². The van der Waals surface area contributed by atoms with E-state index in [4.69, 9.17) is 4.74 Å². The number of aromatic nitrogens is 1. The smallest absolute Gasteiger partial charge is 0.276 e. The Balaban J connectivity index is 1.45. The summed E-state index contributed by atoms with van der Waals surface area (Å²) in [6.45, 7) is 1.93. The largest absolute Gasteiger partial charge is 0.503 e. The van der Waals surface area contributed by atoms with E-state index in [-0.39, 0.29) is 29.9 Å². The van der Waals surface area contributed by atoms with Crippen molar-refractivity contribution in [2.24, 2.45) is 0 Å². The second kappa shape index (κ2) is 7.19. The Bertz CT molecular complexity index is 1130. The average molecular weight is 427 g/mol. The van der Waals surface area contributed by atoms with Gasteiger partial charge in [0.05, 0.1) is 18.7 Å². The summed E-state index contributed by atoms with van der Waals surface area (Å²) in [5, 5.41) is 13.2. The van der Waals surface area contributed by atoms with Gasteiger partial charge in [-0.15, -0.1) is 0 Å². The Labute approximate surface area is 177 Å². The molecule has 4 atom stereocenters. The van der Waals surface area contributed by atoms with Gasteiger partial charge < -0.3 is 24.6 Å². The number of nitrogens with zero attached hydrogens (tertiary/aromatic N) is 2. The molecule has 0 radical (unpaired) electrons. The summed E-state index contributed by atoms with van der Waals surface area (Å²) >= 11 is 0. The van der Waals surface area contributed by atoms with Crippen molar-refractivity contribution < 1.29 is 23.8 Å². The molecule has 2 bridgehead atoms. The first-order chi connectivity index (χ1) is 14.8. The van der Waals surface area contributed by atoms with Crippen LogP contribution in [0.15, 0.2) is 35.3 Å². The quantitative estimate of drug-likeness (QED) is 0.780. The molecule has 0 spiro atoms. The van der Waals surface area contributed by atoms with E-state index in [1.54, 1.807) is 24.0 Å². The number of benzene rings is 1. The van der Waals surface area contributed by atoms with Gasteiger partial charge in [0.25, 0.3) is 11.8 Å². The number of hydrogen-bond acceptors (Lipinski definition) is 5. The molecule has 1 saturated heterocycles. The highest BCUT2D eigenvalue weighted by Gasteiger charge is 2.47. The molecular weight excluding hydrogens is 405 g/mol. The number of carbonyl (C=O) groups is 2. The van der Waals surface area contributed by atoms with Gasteiger partial charge in [-0.25, -0.2) is 4.39 Å². The highest BCUT2D eigenvalue weighted by atomic mass is 19.1. The van der Waals surface area contributed by atoms with Gasteiger partial charge in [0.15, 0.2) is 17.7 Å². The van der Waals surface area contributed by atoms with Crippen LogP contribution >= 0.6 is 0 Å². The lowest BCUT2D eigenvalue weighted by Crippen LogP contribution is -2.57. The van der Waals surface area contributed by atoms with Crippen molar-refractivity contribution in [1.82, 2.24) is 14.8 Å². The van der Waals surface area contributed by atoms with E-state index in [0.717, 1.165) is 19.3 Å². The summed E-state index contributed by atoms with van der Waals surface area (Å²) in [6, 6.07) is 5.20. The number of rotatable bonds is 3. The van der Waals surface area contributed by atoms with Crippen molar-refractivity contribution in [3.05, 3.63) is 63.3 Å². The molecular formula is C22H22FN3O5. The zero-order valence-corrected chi connectivity index (χ0v) is 16.9. The average Bonchev–Trinajstić information content (AvgIpc) is 3.11. The van der Waals surface area contributed by atoms with E-state index < -0.39 is 41.1 Å². The van der Waals surface area contributed by atoms with Crippen LogP contribution in [-0.4, -0.2) is 44.8 Å². The van der Waals surface area contributed by atoms with Crippen LogP contribution in [0.2, 0.25) is 0 Å². The molecule has 2 fully saturated rings. The highest BCUT2D eigenvalue weighted by molar-refractivity contribution is 5.99. The van der Waals surface area contributed by atoms with Gasteiger partial charge in [0.2, 0.25) is 5.43 Å². The van der Waals surface area contributed by atoms with Crippen molar-refractivity contribution in [3.8, 4) is 5.75 Å². The Morgan fingerprint density at radius 2 is 2.00 bits per heavy atom. The van der Waals surface area contributed by atoms with Crippen molar-refractivity contribution in [2.75, 3.05) is 0 Å². The number of fused-ring (bicyclic) bond motifs is 5. The Hall–Kier alpha value is -3.20. The van der Waals surface area contributed by atoms with Gasteiger partial charge in [0.1, 0.15) is 11.4 Å². The maximum Gasteiger partial charge on any atom is 0.276 e. The summed E-state index contributed by atoms with van der Waals surface area (Å²) in [6.07, 6.45) is 3.39. The van der Waals surface area contributed by atoms with Gasteiger partial charge in [0, 0.05) is 12.2 Å². The minimum atomic E-state index is -0.899. The van der Waals surface area contributed by atoms with Crippen molar-refractivity contribution in [2.45, 2.75) is 57.1 Å². The molecule has 2 amide bonds. The fourth-order valence-corrected chi connectivity index (χ4v) is 4.82. The molecule has 2 aliphatic heterocycles. The van der Waals surface area contributed by atoms with Gasteiger partial charge >= 0.3 is 0 Å². The molecule has 1 aliphatic carbocycles. The first-order valence-electron chi connectivity index (χ1n) is 10.3. The number of amides is 2. The number of pyridine rings is 1. The predicted octanol–water partition coefficient (Wildman–Crippen LogP) is 1.92. The van der Waals surface area contributed by atoms with Crippen molar-refractivity contribution in [1.29, 1.82) is 0 Å². The summed E-state index contributed by atoms with van der Waals surface area (Å²) < 4.78 is 20.6. The van der Waals surface area contributed by atoms with Gasteiger partial charge in [-0.2, -0.15) is 0 Å². The fourth-order valence-electron chi connectivity index (χ4n) is 4.82. The minimum Gasteiger partial charge on any atom is -0.503 e. The fraction of sp³-hybridized carbons (Fsp3) is 0.409. The molecule has 2 N–H and O–H groups in total. The second-order valence-electron chi connectivity index (χ2n) is 8.36. The monoisotopic (exact) mass is 427 g/mol. The number of hydrogen-bond donors (Lipinski definition) is 2. The number of ether oxygens (including phenoxy) is 1. The molecule has 1 aromatic heterocycles. The van der Waals surface area contributed by atoms with Crippen molar-refractivity contribution in [3.63, 3.8) is 0 Å². The number of nitrogens with one attached hydrogen (secondary N) is 1. The Morgan fingerprint density at radius 3 is 2.74 bits per heavy atom. The molecule has 5 rings (SSSR count). The Kier molecular flexibility index (Phi) is 4.58.